The molecule has 0 aromatic rings. The first-order valence-electron chi connectivity index (χ1n) is 18.7. The Balaban J connectivity index is 1.16. The Bertz CT molecular complexity index is 833. The van der Waals surface area contributed by atoms with Crippen molar-refractivity contribution in [2.24, 2.45) is 0 Å². The van der Waals surface area contributed by atoms with Crippen molar-refractivity contribution in [2.45, 2.75) is 216 Å². The highest BCUT2D eigenvalue weighted by Gasteiger charge is 2.36. The summed E-state index contributed by atoms with van der Waals surface area (Å²) in [5, 5.41) is 42.3. The lowest BCUT2D eigenvalue weighted by atomic mass is 9.98. The van der Waals surface area contributed by atoms with Gasteiger partial charge in [0.05, 0.1) is 48.8 Å². The van der Waals surface area contributed by atoms with Gasteiger partial charge in [0.25, 0.3) is 0 Å². The van der Waals surface area contributed by atoms with Crippen molar-refractivity contribution in [3.05, 3.63) is 11.6 Å². The average Bonchev–Trinajstić information content (AvgIpc) is 3.77. The number of unbranched alkanes of at least 4 members (excludes halogenated alkanes) is 9. The van der Waals surface area contributed by atoms with Crippen LogP contribution in [0.15, 0.2) is 11.6 Å². The molecule has 3 heterocycles. The number of rotatable bonds is 25. The second kappa shape index (κ2) is 21.8. The fraction of sp³-hybridized carbons (Fsp3) is 0.919. The van der Waals surface area contributed by atoms with Crippen molar-refractivity contribution in [2.75, 3.05) is 0 Å². The van der Waals surface area contributed by atoms with E-state index in [0.29, 0.717) is 25.7 Å². The van der Waals surface area contributed by atoms with Crippen LogP contribution in [0.1, 0.15) is 162 Å². The number of carbonyl (C=O) groups is 1. The lowest BCUT2D eigenvalue weighted by Gasteiger charge is -2.24. The fourth-order valence-corrected chi connectivity index (χ4v) is 7.28. The average molecular weight is 639 g/mol. The van der Waals surface area contributed by atoms with Crippen LogP contribution in [0, 0.1) is 0 Å². The maximum absolute atomic E-state index is 11.7. The number of carbonyl (C=O) groups excluding carboxylic acids is 1. The lowest BCUT2D eigenvalue weighted by molar-refractivity contribution is -0.139. The zero-order valence-corrected chi connectivity index (χ0v) is 28.5. The van der Waals surface area contributed by atoms with E-state index in [1.54, 1.807) is 0 Å². The summed E-state index contributed by atoms with van der Waals surface area (Å²) in [5.41, 5.74) is 0.846. The molecule has 0 saturated carbocycles. The molecule has 3 aliphatic heterocycles. The predicted molar refractivity (Wildman–Crippen MR) is 177 cm³/mol. The molecule has 45 heavy (non-hydrogen) atoms. The van der Waals surface area contributed by atoms with Gasteiger partial charge in [0.2, 0.25) is 0 Å². The van der Waals surface area contributed by atoms with Gasteiger partial charge in [-0.15, -0.1) is 0 Å². The third kappa shape index (κ3) is 14.7. The van der Waals surface area contributed by atoms with Crippen molar-refractivity contribution >= 4 is 5.97 Å². The Morgan fingerprint density at radius 2 is 1.22 bits per heavy atom. The maximum Gasteiger partial charge on any atom is 0.334 e. The molecule has 0 amide bonds. The standard InChI is InChI=1S/C37H66O8/c1-3-4-5-12-16-29(38)17-14-19-31(39)35-24-25-36(45-35)33(41)22-21-32(40)34-23-20-30(44-34)18-13-10-8-6-7-9-11-15-28-26-27(2)43-37(28)42/h26-27,29-36,38-41H,3-25H2,1-2H3/t27?,29?,30-,31+,32-,33-,34-,35-,36-/m1/s1. The minimum absolute atomic E-state index is 0.0675. The molecule has 2 fully saturated rings. The van der Waals surface area contributed by atoms with E-state index in [1.165, 1.54) is 44.9 Å². The van der Waals surface area contributed by atoms with Gasteiger partial charge >= 0.3 is 5.97 Å². The highest BCUT2D eigenvalue weighted by molar-refractivity contribution is 5.90. The van der Waals surface area contributed by atoms with Crippen LogP contribution in [0.2, 0.25) is 0 Å². The first-order chi connectivity index (χ1) is 21.8. The van der Waals surface area contributed by atoms with E-state index in [1.807, 2.05) is 13.0 Å². The van der Waals surface area contributed by atoms with Gasteiger partial charge in [-0.3, -0.25) is 0 Å². The Hall–Kier alpha value is -1.03. The van der Waals surface area contributed by atoms with Gasteiger partial charge in [-0.05, 0) is 96.5 Å². The van der Waals surface area contributed by atoms with Gasteiger partial charge in [-0.25, -0.2) is 4.79 Å². The topological polar surface area (TPSA) is 126 Å². The van der Waals surface area contributed by atoms with Crippen molar-refractivity contribution in [1.29, 1.82) is 0 Å². The first-order valence-corrected chi connectivity index (χ1v) is 18.7. The van der Waals surface area contributed by atoms with E-state index in [4.69, 9.17) is 14.2 Å². The number of hydrogen-bond donors (Lipinski definition) is 4. The minimum Gasteiger partial charge on any atom is -0.455 e. The zero-order chi connectivity index (χ0) is 32.4. The largest absolute Gasteiger partial charge is 0.455 e. The Morgan fingerprint density at radius 1 is 0.667 bits per heavy atom. The summed E-state index contributed by atoms with van der Waals surface area (Å²) in [6.07, 6.45) is 21.2. The van der Waals surface area contributed by atoms with E-state index in [2.05, 4.69) is 6.92 Å². The monoisotopic (exact) mass is 638 g/mol. The molecule has 9 atom stereocenters. The molecular formula is C37H66O8. The second-order valence-electron chi connectivity index (χ2n) is 14.2. The summed E-state index contributed by atoms with van der Waals surface area (Å²) >= 11 is 0. The van der Waals surface area contributed by atoms with Gasteiger partial charge in [-0.2, -0.15) is 0 Å². The van der Waals surface area contributed by atoms with Crippen molar-refractivity contribution in [3.63, 3.8) is 0 Å². The SMILES string of the molecule is CCCCCCC(O)CCC[C@H](O)[C@H]1CC[C@H]([C@H](O)CC[C@@H](O)[C@H]2CC[C@@H](CCCCCCCCCC3=CC(C)OC3=O)O2)O1. The third-order valence-electron chi connectivity index (χ3n) is 10.2. The van der Waals surface area contributed by atoms with Crippen LogP contribution in [-0.2, 0) is 19.0 Å². The molecule has 4 N–H and O–H groups in total. The summed E-state index contributed by atoms with van der Waals surface area (Å²) < 4.78 is 17.4. The number of cyclic esters (lactones) is 1. The molecular weight excluding hydrogens is 572 g/mol. The van der Waals surface area contributed by atoms with Gasteiger partial charge in [0.1, 0.15) is 6.10 Å². The zero-order valence-electron chi connectivity index (χ0n) is 28.5. The molecule has 0 aromatic carbocycles. The summed E-state index contributed by atoms with van der Waals surface area (Å²) in [4.78, 5) is 11.7. The molecule has 0 spiro atoms. The summed E-state index contributed by atoms with van der Waals surface area (Å²) in [5.74, 6) is -0.138. The van der Waals surface area contributed by atoms with Crippen LogP contribution in [0.25, 0.3) is 0 Å². The van der Waals surface area contributed by atoms with Crippen molar-refractivity contribution < 1.29 is 39.4 Å². The summed E-state index contributed by atoms with van der Waals surface area (Å²) in [6.45, 7) is 4.09. The van der Waals surface area contributed by atoms with Crippen molar-refractivity contribution in [1.82, 2.24) is 0 Å². The summed E-state index contributed by atoms with van der Waals surface area (Å²) in [6, 6.07) is 0. The van der Waals surface area contributed by atoms with Crippen LogP contribution >= 0.6 is 0 Å². The number of aliphatic hydroxyl groups excluding tert-OH is 4. The fourth-order valence-electron chi connectivity index (χ4n) is 7.28. The highest BCUT2D eigenvalue weighted by Crippen LogP contribution is 2.31. The van der Waals surface area contributed by atoms with E-state index in [9.17, 15) is 25.2 Å². The normalized spacial score (nSPS) is 27.8. The van der Waals surface area contributed by atoms with E-state index >= 15 is 0 Å². The number of ether oxygens (including phenoxy) is 3. The molecule has 0 aliphatic carbocycles. The molecule has 8 heteroatoms. The molecule has 0 aromatic heterocycles. The second-order valence-corrected chi connectivity index (χ2v) is 14.2. The molecule has 8 nitrogen and oxygen atoms in total. The molecule has 0 bridgehead atoms. The van der Waals surface area contributed by atoms with Crippen LogP contribution < -0.4 is 0 Å². The summed E-state index contributed by atoms with van der Waals surface area (Å²) in [7, 11) is 0. The molecule has 3 aliphatic rings. The lowest BCUT2D eigenvalue weighted by Crippen LogP contribution is -2.33. The molecule has 3 rings (SSSR count). The smallest absolute Gasteiger partial charge is 0.334 e. The molecule has 0 radical (unpaired) electrons. The minimum atomic E-state index is -0.654. The van der Waals surface area contributed by atoms with E-state index < -0.39 is 18.3 Å². The number of esters is 1. The van der Waals surface area contributed by atoms with E-state index in [-0.39, 0.29) is 42.6 Å². The highest BCUT2D eigenvalue weighted by atomic mass is 16.5. The van der Waals surface area contributed by atoms with Gasteiger partial charge < -0.3 is 34.6 Å². The predicted octanol–water partition coefficient (Wildman–Crippen LogP) is 6.83. The Morgan fingerprint density at radius 3 is 1.87 bits per heavy atom. The Kier molecular flexibility index (Phi) is 18.6. The molecule has 2 saturated heterocycles. The maximum atomic E-state index is 11.7. The first kappa shape index (κ1) is 38.4. The van der Waals surface area contributed by atoms with Crippen LogP contribution in [-0.4, -0.2) is 81.3 Å². The number of aliphatic hydroxyl groups is 4. The van der Waals surface area contributed by atoms with Crippen LogP contribution in [0.4, 0.5) is 0 Å². The molecule has 262 valence electrons. The molecule has 2 unspecified atom stereocenters. The van der Waals surface area contributed by atoms with Crippen molar-refractivity contribution in [3.8, 4) is 0 Å². The van der Waals surface area contributed by atoms with Gasteiger partial charge in [0.15, 0.2) is 0 Å². The Labute approximate surface area is 273 Å². The van der Waals surface area contributed by atoms with Gasteiger partial charge in [-0.1, -0.05) is 71.1 Å². The van der Waals surface area contributed by atoms with Crippen LogP contribution in [0.5, 0.6) is 0 Å². The quantitative estimate of drug-likeness (QED) is 0.0634. The van der Waals surface area contributed by atoms with Gasteiger partial charge in [0, 0.05) is 5.57 Å². The van der Waals surface area contributed by atoms with E-state index in [0.717, 1.165) is 82.6 Å². The third-order valence-corrected chi connectivity index (χ3v) is 10.2. The van der Waals surface area contributed by atoms with Crippen LogP contribution in [0.3, 0.4) is 0 Å². The number of hydrogen-bond acceptors (Lipinski definition) is 8.